The first kappa shape index (κ1) is 18.5. The second kappa shape index (κ2) is 7.27. The number of likely N-dealkylation sites (tertiary alicyclic amines) is 2. The molecule has 0 radical (unpaired) electrons. The van der Waals surface area contributed by atoms with Crippen LogP contribution in [-0.4, -0.2) is 52.5 Å². The highest BCUT2D eigenvalue weighted by atomic mass is 16.4. The maximum absolute atomic E-state index is 12.3. The zero-order chi connectivity index (χ0) is 19.0. The van der Waals surface area contributed by atoms with Crippen molar-refractivity contribution in [1.29, 1.82) is 0 Å². The van der Waals surface area contributed by atoms with Crippen LogP contribution in [0.3, 0.4) is 0 Å². The summed E-state index contributed by atoms with van der Waals surface area (Å²) >= 11 is 0. The van der Waals surface area contributed by atoms with Crippen LogP contribution in [0.15, 0.2) is 24.3 Å². The van der Waals surface area contributed by atoms with Crippen LogP contribution in [0.1, 0.15) is 50.2 Å². The van der Waals surface area contributed by atoms with Crippen LogP contribution in [0.4, 0.5) is 0 Å². The number of rotatable bonds is 5. The second-order valence-corrected chi connectivity index (χ2v) is 8.68. The van der Waals surface area contributed by atoms with E-state index in [1.165, 1.54) is 11.1 Å². The van der Waals surface area contributed by atoms with Gasteiger partial charge >= 0.3 is 5.97 Å². The number of hydrogen-bond donors (Lipinski definition) is 1. The Morgan fingerprint density at radius 1 is 1.15 bits per heavy atom. The molecular formula is C22H30N2O3. The summed E-state index contributed by atoms with van der Waals surface area (Å²) in [5.41, 5.74) is 2.59. The SMILES string of the molecule is CCc1ccccc1CN1CC2(CCN(C(=O)C3CC3)CC2)CC1C(=O)O. The fraction of sp³-hybridized carbons (Fsp3) is 0.636. The van der Waals surface area contributed by atoms with E-state index in [4.69, 9.17) is 0 Å². The highest BCUT2D eigenvalue weighted by molar-refractivity contribution is 5.81. The van der Waals surface area contributed by atoms with Gasteiger partial charge in [0.1, 0.15) is 6.04 Å². The summed E-state index contributed by atoms with van der Waals surface area (Å²) in [6.07, 6.45) is 5.63. The molecule has 1 aliphatic carbocycles. The molecule has 3 fully saturated rings. The van der Waals surface area contributed by atoms with Gasteiger partial charge in [0.25, 0.3) is 0 Å². The Labute approximate surface area is 161 Å². The lowest BCUT2D eigenvalue weighted by Gasteiger charge is -2.39. The average Bonchev–Trinajstić information content (AvgIpc) is 3.46. The Balaban J connectivity index is 1.45. The molecule has 5 nitrogen and oxygen atoms in total. The summed E-state index contributed by atoms with van der Waals surface area (Å²) in [6, 6.07) is 7.94. The van der Waals surface area contributed by atoms with Gasteiger partial charge in [-0.15, -0.1) is 0 Å². The summed E-state index contributed by atoms with van der Waals surface area (Å²) in [4.78, 5) is 28.5. The molecule has 1 amide bonds. The van der Waals surface area contributed by atoms with E-state index >= 15 is 0 Å². The number of aryl methyl sites for hydroxylation is 1. The predicted octanol–water partition coefficient (Wildman–Crippen LogP) is 2.93. The number of nitrogens with zero attached hydrogens (tertiary/aromatic N) is 2. The van der Waals surface area contributed by atoms with Crippen molar-refractivity contribution in [3.8, 4) is 0 Å². The number of amides is 1. The van der Waals surface area contributed by atoms with E-state index in [-0.39, 0.29) is 11.3 Å². The van der Waals surface area contributed by atoms with E-state index in [2.05, 4.69) is 30.0 Å². The van der Waals surface area contributed by atoms with Crippen molar-refractivity contribution >= 4 is 11.9 Å². The highest BCUT2D eigenvalue weighted by Gasteiger charge is 2.49. The monoisotopic (exact) mass is 370 g/mol. The molecule has 1 atom stereocenters. The van der Waals surface area contributed by atoms with E-state index in [0.29, 0.717) is 18.9 Å². The van der Waals surface area contributed by atoms with E-state index in [1.54, 1.807) is 0 Å². The van der Waals surface area contributed by atoms with Gasteiger partial charge in [0.15, 0.2) is 0 Å². The van der Waals surface area contributed by atoms with Crippen LogP contribution in [0.2, 0.25) is 0 Å². The van der Waals surface area contributed by atoms with Crippen LogP contribution in [-0.2, 0) is 22.6 Å². The van der Waals surface area contributed by atoms with Crippen LogP contribution in [0.25, 0.3) is 0 Å². The fourth-order valence-electron chi connectivity index (χ4n) is 4.98. The molecule has 2 heterocycles. The molecule has 5 heteroatoms. The normalized spacial score (nSPS) is 25.1. The van der Waals surface area contributed by atoms with Crippen LogP contribution in [0.5, 0.6) is 0 Å². The lowest BCUT2D eigenvalue weighted by molar-refractivity contribution is -0.142. The van der Waals surface area contributed by atoms with Gasteiger partial charge in [-0.2, -0.15) is 0 Å². The molecule has 1 aromatic carbocycles. The molecule has 146 valence electrons. The third-order valence-corrected chi connectivity index (χ3v) is 6.83. The minimum Gasteiger partial charge on any atom is -0.480 e. The van der Waals surface area contributed by atoms with Crippen LogP contribution >= 0.6 is 0 Å². The number of aliphatic carboxylic acids is 1. The maximum atomic E-state index is 12.3. The van der Waals surface area contributed by atoms with Crippen molar-refractivity contribution < 1.29 is 14.7 Å². The van der Waals surface area contributed by atoms with Gasteiger partial charge in [0.05, 0.1) is 0 Å². The first-order valence-corrected chi connectivity index (χ1v) is 10.3. The Morgan fingerprint density at radius 3 is 2.41 bits per heavy atom. The van der Waals surface area contributed by atoms with Crippen molar-refractivity contribution in [2.75, 3.05) is 19.6 Å². The average molecular weight is 370 g/mol. The molecular weight excluding hydrogens is 340 g/mol. The number of benzene rings is 1. The topological polar surface area (TPSA) is 60.9 Å². The molecule has 0 bridgehead atoms. The van der Waals surface area contributed by atoms with Crippen molar-refractivity contribution in [2.24, 2.45) is 11.3 Å². The Kier molecular flexibility index (Phi) is 4.97. The number of hydrogen-bond acceptors (Lipinski definition) is 3. The zero-order valence-electron chi connectivity index (χ0n) is 16.2. The lowest BCUT2D eigenvalue weighted by Crippen LogP contribution is -2.44. The standard InChI is InChI=1S/C22H30N2O3/c1-2-16-5-3-4-6-18(16)14-24-15-22(13-19(24)21(26)27)9-11-23(12-10-22)20(25)17-7-8-17/h3-6,17,19H,2,7-15H2,1H3,(H,26,27). The third kappa shape index (κ3) is 3.75. The Morgan fingerprint density at radius 2 is 1.81 bits per heavy atom. The predicted molar refractivity (Wildman–Crippen MR) is 103 cm³/mol. The van der Waals surface area contributed by atoms with Gasteiger partial charge in [-0.25, -0.2) is 0 Å². The molecule has 3 aliphatic rings. The second-order valence-electron chi connectivity index (χ2n) is 8.68. The molecule has 0 aromatic heterocycles. The summed E-state index contributed by atoms with van der Waals surface area (Å²) < 4.78 is 0. The molecule has 2 saturated heterocycles. The largest absolute Gasteiger partial charge is 0.480 e. The van der Waals surface area contributed by atoms with E-state index in [9.17, 15) is 14.7 Å². The first-order valence-electron chi connectivity index (χ1n) is 10.3. The van der Waals surface area contributed by atoms with Crippen molar-refractivity contribution in [3.63, 3.8) is 0 Å². The molecule has 1 saturated carbocycles. The quantitative estimate of drug-likeness (QED) is 0.866. The lowest BCUT2D eigenvalue weighted by atomic mass is 9.76. The summed E-state index contributed by atoms with van der Waals surface area (Å²) in [7, 11) is 0. The third-order valence-electron chi connectivity index (χ3n) is 6.83. The van der Waals surface area contributed by atoms with Gasteiger partial charge in [-0.05, 0) is 55.1 Å². The minimum atomic E-state index is -0.711. The van der Waals surface area contributed by atoms with Crippen LogP contribution < -0.4 is 0 Å². The number of carboxylic acids is 1. The van der Waals surface area contributed by atoms with E-state index in [0.717, 1.165) is 51.7 Å². The van der Waals surface area contributed by atoms with Gasteiger partial charge in [0.2, 0.25) is 5.91 Å². The molecule has 4 rings (SSSR count). The van der Waals surface area contributed by atoms with E-state index in [1.807, 2.05) is 11.0 Å². The van der Waals surface area contributed by atoms with Crippen LogP contribution in [0, 0.1) is 11.3 Å². The fourth-order valence-corrected chi connectivity index (χ4v) is 4.98. The molecule has 1 spiro atoms. The van der Waals surface area contributed by atoms with Crippen molar-refractivity contribution in [2.45, 2.75) is 58.0 Å². The highest BCUT2D eigenvalue weighted by Crippen LogP contribution is 2.45. The van der Waals surface area contributed by atoms with Gasteiger partial charge < -0.3 is 10.0 Å². The zero-order valence-corrected chi connectivity index (χ0v) is 16.2. The number of carboxylic acid groups (broad SMARTS) is 1. The number of piperidine rings is 1. The minimum absolute atomic E-state index is 0.0462. The van der Waals surface area contributed by atoms with Gasteiger partial charge in [-0.3, -0.25) is 14.5 Å². The molecule has 1 unspecified atom stereocenters. The summed E-state index contributed by atoms with van der Waals surface area (Å²) in [5.74, 6) is -0.111. The molecule has 27 heavy (non-hydrogen) atoms. The number of carbonyl (C=O) groups excluding carboxylic acids is 1. The summed E-state index contributed by atoms with van der Waals surface area (Å²) in [6.45, 7) is 5.26. The number of carbonyl (C=O) groups is 2. The molecule has 2 aliphatic heterocycles. The van der Waals surface area contributed by atoms with Crippen molar-refractivity contribution in [3.05, 3.63) is 35.4 Å². The maximum Gasteiger partial charge on any atom is 0.320 e. The summed E-state index contributed by atoms with van der Waals surface area (Å²) in [5, 5.41) is 9.82. The van der Waals surface area contributed by atoms with Crippen molar-refractivity contribution in [1.82, 2.24) is 9.80 Å². The Bertz CT molecular complexity index is 720. The Hall–Kier alpha value is -1.88. The first-order chi connectivity index (χ1) is 13.0. The molecule has 1 aromatic rings. The van der Waals surface area contributed by atoms with E-state index < -0.39 is 12.0 Å². The van der Waals surface area contributed by atoms with Gasteiger partial charge in [0, 0.05) is 32.1 Å². The van der Waals surface area contributed by atoms with Gasteiger partial charge in [-0.1, -0.05) is 31.2 Å². The smallest absolute Gasteiger partial charge is 0.320 e. The molecule has 1 N–H and O–H groups in total.